The average molecular weight is 166 g/mol. The first kappa shape index (κ1) is 9.24. The Morgan fingerprint density at radius 2 is 1.67 bits per heavy atom. The highest BCUT2D eigenvalue weighted by atomic mass is 19.1. The van der Waals surface area contributed by atoms with E-state index < -0.39 is 0 Å². The first-order chi connectivity index (χ1) is 5.52. The zero-order chi connectivity index (χ0) is 9.30. The molecule has 0 saturated carbocycles. The summed E-state index contributed by atoms with van der Waals surface area (Å²) in [5.74, 6) is 0.310. The van der Waals surface area contributed by atoms with Crippen molar-refractivity contribution in [3.05, 3.63) is 34.6 Å². The van der Waals surface area contributed by atoms with Crippen LogP contribution in [0.15, 0.2) is 12.1 Å². The minimum Gasteiger partial charge on any atom is -0.207 e. The third-order valence-electron chi connectivity index (χ3n) is 2.17. The molecule has 0 fully saturated rings. The molecule has 0 atom stereocenters. The van der Waals surface area contributed by atoms with Gasteiger partial charge in [-0.1, -0.05) is 19.9 Å². The summed E-state index contributed by atoms with van der Waals surface area (Å²) in [6.45, 7) is 7.99. The van der Waals surface area contributed by atoms with Crippen molar-refractivity contribution < 1.29 is 4.39 Å². The third-order valence-corrected chi connectivity index (χ3v) is 2.17. The van der Waals surface area contributed by atoms with Crippen molar-refractivity contribution in [1.82, 2.24) is 0 Å². The van der Waals surface area contributed by atoms with Crippen LogP contribution in [0, 0.1) is 19.7 Å². The smallest absolute Gasteiger partial charge is 0.126 e. The van der Waals surface area contributed by atoms with Crippen LogP contribution in [0.5, 0.6) is 0 Å². The molecule has 1 rings (SSSR count). The lowest BCUT2D eigenvalue weighted by atomic mass is 9.96. The molecular weight excluding hydrogens is 151 g/mol. The molecule has 0 aliphatic rings. The van der Waals surface area contributed by atoms with Crippen molar-refractivity contribution in [3.63, 3.8) is 0 Å². The Hall–Kier alpha value is -0.850. The number of aryl methyl sites for hydroxylation is 2. The fourth-order valence-electron chi connectivity index (χ4n) is 1.46. The highest BCUT2D eigenvalue weighted by Gasteiger charge is 2.06. The molecular formula is C11H15F. The fourth-order valence-corrected chi connectivity index (χ4v) is 1.46. The number of hydrogen-bond acceptors (Lipinski definition) is 0. The Morgan fingerprint density at radius 1 is 1.08 bits per heavy atom. The SMILES string of the molecule is Cc1cc(C)c(C(C)C)cc1F. The molecule has 0 aromatic heterocycles. The van der Waals surface area contributed by atoms with Gasteiger partial charge < -0.3 is 0 Å². The van der Waals surface area contributed by atoms with E-state index >= 15 is 0 Å². The van der Waals surface area contributed by atoms with Gasteiger partial charge in [0.1, 0.15) is 5.82 Å². The molecule has 0 unspecified atom stereocenters. The van der Waals surface area contributed by atoms with E-state index in [1.165, 1.54) is 5.56 Å². The molecule has 1 aromatic carbocycles. The highest BCUT2D eigenvalue weighted by Crippen LogP contribution is 2.21. The Morgan fingerprint density at radius 3 is 2.17 bits per heavy atom. The van der Waals surface area contributed by atoms with Crippen LogP contribution < -0.4 is 0 Å². The summed E-state index contributed by atoms with van der Waals surface area (Å²) in [4.78, 5) is 0. The van der Waals surface area contributed by atoms with Gasteiger partial charge in [-0.25, -0.2) is 4.39 Å². The van der Waals surface area contributed by atoms with Crippen LogP contribution in [0.3, 0.4) is 0 Å². The van der Waals surface area contributed by atoms with E-state index in [1.807, 2.05) is 13.0 Å². The lowest BCUT2D eigenvalue weighted by Gasteiger charge is -2.10. The molecule has 0 bridgehead atoms. The van der Waals surface area contributed by atoms with Gasteiger partial charge >= 0.3 is 0 Å². The second-order valence-electron chi connectivity index (χ2n) is 3.61. The molecule has 1 heteroatoms. The van der Waals surface area contributed by atoms with Crippen molar-refractivity contribution in [2.24, 2.45) is 0 Å². The lowest BCUT2D eigenvalue weighted by molar-refractivity contribution is 0.613. The van der Waals surface area contributed by atoms with Crippen LogP contribution in [0.25, 0.3) is 0 Å². The van der Waals surface area contributed by atoms with Crippen molar-refractivity contribution in [1.29, 1.82) is 0 Å². The molecule has 12 heavy (non-hydrogen) atoms. The Labute approximate surface area is 73.4 Å². The van der Waals surface area contributed by atoms with E-state index in [9.17, 15) is 4.39 Å². The van der Waals surface area contributed by atoms with Gasteiger partial charge in [0, 0.05) is 0 Å². The van der Waals surface area contributed by atoms with Crippen LogP contribution in [0.1, 0.15) is 36.5 Å². The van der Waals surface area contributed by atoms with E-state index in [1.54, 1.807) is 13.0 Å². The van der Waals surface area contributed by atoms with Crippen LogP contribution in [0.4, 0.5) is 4.39 Å². The summed E-state index contributed by atoms with van der Waals surface area (Å²) >= 11 is 0. The van der Waals surface area contributed by atoms with E-state index in [4.69, 9.17) is 0 Å². The molecule has 0 amide bonds. The maximum Gasteiger partial charge on any atom is 0.126 e. The van der Waals surface area contributed by atoms with Gasteiger partial charge in [0.15, 0.2) is 0 Å². The summed E-state index contributed by atoms with van der Waals surface area (Å²) in [5.41, 5.74) is 3.03. The van der Waals surface area contributed by atoms with Gasteiger partial charge in [0.2, 0.25) is 0 Å². The number of hydrogen-bond donors (Lipinski definition) is 0. The van der Waals surface area contributed by atoms with E-state index in [2.05, 4.69) is 13.8 Å². The Balaban J connectivity index is 3.23. The molecule has 0 heterocycles. The third kappa shape index (κ3) is 1.66. The Bertz CT molecular complexity index is 287. The summed E-state index contributed by atoms with van der Waals surface area (Å²) in [6.07, 6.45) is 0. The molecule has 1 aromatic rings. The van der Waals surface area contributed by atoms with E-state index in [0.717, 1.165) is 11.1 Å². The molecule has 66 valence electrons. The van der Waals surface area contributed by atoms with Crippen molar-refractivity contribution in [2.75, 3.05) is 0 Å². The average Bonchev–Trinajstić information content (AvgIpc) is 1.96. The number of rotatable bonds is 1. The fraction of sp³-hybridized carbons (Fsp3) is 0.455. The first-order valence-electron chi connectivity index (χ1n) is 4.29. The zero-order valence-corrected chi connectivity index (χ0v) is 8.11. The van der Waals surface area contributed by atoms with Gasteiger partial charge in [0.05, 0.1) is 0 Å². The molecule has 0 spiro atoms. The topological polar surface area (TPSA) is 0 Å². The van der Waals surface area contributed by atoms with Gasteiger partial charge in [0.25, 0.3) is 0 Å². The number of benzene rings is 1. The van der Waals surface area contributed by atoms with Crippen molar-refractivity contribution in [3.8, 4) is 0 Å². The molecule has 0 aliphatic carbocycles. The predicted octanol–water partition coefficient (Wildman–Crippen LogP) is 3.57. The summed E-state index contributed by atoms with van der Waals surface area (Å²) in [7, 11) is 0. The van der Waals surface area contributed by atoms with Crippen LogP contribution in [0.2, 0.25) is 0 Å². The first-order valence-corrected chi connectivity index (χ1v) is 4.29. The van der Waals surface area contributed by atoms with Crippen LogP contribution >= 0.6 is 0 Å². The van der Waals surface area contributed by atoms with E-state index in [0.29, 0.717) is 5.92 Å². The van der Waals surface area contributed by atoms with Gasteiger partial charge in [-0.2, -0.15) is 0 Å². The predicted molar refractivity (Wildman–Crippen MR) is 50.0 cm³/mol. The quantitative estimate of drug-likeness (QED) is 0.598. The Kier molecular flexibility index (Phi) is 2.51. The summed E-state index contributed by atoms with van der Waals surface area (Å²) in [5, 5.41) is 0. The molecule has 0 saturated heterocycles. The minimum absolute atomic E-state index is 0.0932. The highest BCUT2D eigenvalue weighted by molar-refractivity contribution is 5.33. The molecule has 0 nitrogen and oxygen atoms in total. The van der Waals surface area contributed by atoms with Crippen LogP contribution in [-0.4, -0.2) is 0 Å². The maximum absolute atomic E-state index is 13.1. The van der Waals surface area contributed by atoms with Gasteiger partial charge in [-0.3, -0.25) is 0 Å². The number of halogens is 1. The van der Waals surface area contributed by atoms with Crippen molar-refractivity contribution >= 4 is 0 Å². The monoisotopic (exact) mass is 166 g/mol. The minimum atomic E-state index is -0.0932. The zero-order valence-electron chi connectivity index (χ0n) is 8.11. The lowest BCUT2D eigenvalue weighted by Crippen LogP contribution is -1.95. The second-order valence-corrected chi connectivity index (χ2v) is 3.61. The van der Waals surface area contributed by atoms with Crippen molar-refractivity contribution in [2.45, 2.75) is 33.6 Å². The maximum atomic E-state index is 13.1. The standard InChI is InChI=1S/C11H15F/c1-7(2)10-6-11(12)9(4)5-8(10)3/h5-7H,1-4H3. The summed E-state index contributed by atoms with van der Waals surface area (Å²) < 4.78 is 13.1. The normalized spacial score (nSPS) is 10.8. The molecule has 0 radical (unpaired) electrons. The largest absolute Gasteiger partial charge is 0.207 e. The van der Waals surface area contributed by atoms with Crippen LogP contribution in [-0.2, 0) is 0 Å². The molecule has 0 aliphatic heterocycles. The second kappa shape index (κ2) is 3.26. The van der Waals surface area contributed by atoms with Gasteiger partial charge in [-0.05, 0) is 42.5 Å². The molecule has 0 N–H and O–H groups in total. The van der Waals surface area contributed by atoms with E-state index in [-0.39, 0.29) is 5.82 Å². The van der Waals surface area contributed by atoms with Gasteiger partial charge in [-0.15, -0.1) is 0 Å². The summed E-state index contributed by atoms with van der Waals surface area (Å²) in [6, 6.07) is 3.56.